The van der Waals surface area contributed by atoms with E-state index in [1.807, 2.05) is 115 Å². The summed E-state index contributed by atoms with van der Waals surface area (Å²) in [4.78, 5) is 19.9. The summed E-state index contributed by atoms with van der Waals surface area (Å²) < 4.78 is 25.3. The average Bonchev–Trinajstić information content (AvgIpc) is 1.60. The van der Waals surface area contributed by atoms with Crippen LogP contribution in [-0.4, -0.2) is 33.6 Å². The van der Waals surface area contributed by atoms with Crippen LogP contribution in [0.2, 0.25) is 0 Å². The van der Waals surface area contributed by atoms with E-state index in [1.54, 1.807) is 0 Å². The van der Waals surface area contributed by atoms with Crippen LogP contribution in [-0.2, 0) is 0 Å². The molecule has 0 aliphatic carbocycles. The molecule has 0 saturated carbocycles. The van der Waals surface area contributed by atoms with Gasteiger partial charge in [0.2, 0.25) is 0 Å². The highest BCUT2D eigenvalue weighted by molar-refractivity contribution is 6.16. The van der Waals surface area contributed by atoms with Crippen LogP contribution in [0.5, 0.6) is 34.5 Å². The van der Waals surface area contributed by atoms with Gasteiger partial charge in [-0.3, -0.25) is 18.7 Å². The summed E-state index contributed by atoms with van der Waals surface area (Å²) in [5.74, 6) is 7.79. The fraction of sp³-hybridized carbons (Fsp3) is 0. The van der Waals surface area contributed by atoms with Gasteiger partial charge in [-0.1, -0.05) is 206 Å². The first kappa shape index (κ1) is 53.5. The number of nitrogens with zero attached hydrogens (tertiary/aromatic N) is 7. The van der Waals surface area contributed by atoms with Gasteiger partial charge < -0.3 is 14.2 Å². The van der Waals surface area contributed by atoms with E-state index in [0.29, 0.717) is 0 Å². The van der Waals surface area contributed by atoms with Gasteiger partial charge >= 0.3 is 0 Å². The topological polar surface area (TPSA) is 94.0 Å². The first-order chi connectivity index (χ1) is 47.6. The van der Waals surface area contributed by atoms with Crippen LogP contribution < -0.4 is 14.2 Å². The van der Waals surface area contributed by atoms with Gasteiger partial charge in [0, 0.05) is 33.7 Å². The van der Waals surface area contributed by atoms with Crippen molar-refractivity contribution in [3.8, 4) is 96.8 Å². The van der Waals surface area contributed by atoms with Crippen molar-refractivity contribution in [3.05, 3.63) is 310 Å². The number of hydrogen-bond acceptors (Lipinski definition) is 7. The molecule has 0 atom stereocenters. The van der Waals surface area contributed by atoms with Crippen LogP contribution in [0.3, 0.4) is 0 Å². The Morgan fingerprint density at radius 2 is 0.583 bits per heavy atom. The Labute approximate surface area is 549 Å². The second-order valence-electron chi connectivity index (χ2n) is 24.4. The molecular formula is C86H51N7O3. The Morgan fingerprint density at radius 1 is 0.240 bits per heavy atom. The van der Waals surface area contributed by atoms with Crippen LogP contribution in [0, 0.1) is 0 Å². The molecule has 0 unspecified atom stereocenters. The fourth-order valence-electron chi connectivity index (χ4n) is 14.8. The second-order valence-corrected chi connectivity index (χ2v) is 24.4. The lowest BCUT2D eigenvalue weighted by atomic mass is 9.93. The quantitative estimate of drug-likeness (QED) is 0.162. The Bertz CT molecular complexity index is 6210. The molecule has 3 aliphatic rings. The average molecular weight is 1230 g/mol. The number of pyridine rings is 1. The third-order valence-corrected chi connectivity index (χ3v) is 19.0. The minimum atomic E-state index is 0.827. The molecule has 3 aliphatic heterocycles. The maximum Gasteiger partial charge on any atom is 0.153 e. The molecule has 0 fully saturated rings. The Balaban J connectivity index is 0.0000000990. The molecule has 15 aromatic carbocycles. The zero-order valence-electron chi connectivity index (χ0n) is 51.3. The van der Waals surface area contributed by atoms with Gasteiger partial charge in [-0.2, -0.15) is 0 Å². The maximum atomic E-state index is 6.20. The number of fused-ring (bicyclic) bond motifs is 15. The third kappa shape index (κ3) is 8.25. The van der Waals surface area contributed by atoms with Crippen LogP contribution in [0.15, 0.2) is 310 Å². The lowest BCUT2D eigenvalue weighted by molar-refractivity contribution is 0.475. The molecule has 0 bridgehead atoms. The molecule has 10 nitrogen and oxygen atoms in total. The summed E-state index contributed by atoms with van der Waals surface area (Å²) in [6.45, 7) is 0. The molecule has 4 aromatic heterocycles. The van der Waals surface area contributed by atoms with E-state index in [9.17, 15) is 0 Å². The highest BCUT2D eigenvalue weighted by atomic mass is 16.5. The molecule has 448 valence electrons. The molecule has 7 heterocycles. The van der Waals surface area contributed by atoms with Gasteiger partial charge in [-0.25, -0.2) is 15.0 Å². The third-order valence-electron chi connectivity index (χ3n) is 19.0. The Hall–Kier alpha value is -13.2. The summed E-state index contributed by atoms with van der Waals surface area (Å²) in [6.07, 6.45) is 1.85. The van der Waals surface area contributed by atoms with Gasteiger partial charge in [-0.15, -0.1) is 0 Å². The number of imidazole rings is 3. The maximum absolute atomic E-state index is 6.20. The van der Waals surface area contributed by atoms with Crippen LogP contribution >= 0.6 is 0 Å². The summed E-state index contributed by atoms with van der Waals surface area (Å²) >= 11 is 0. The second kappa shape index (κ2) is 21.2. The summed E-state index contributed by atoms with van der Waals surface area (Å²) in [6, 6.07) is 105. The van der Waals surface area contributed by atoms with Crippen molar-refractivity contribution in [1.82, 2.24) is 33.6 Å². The number of hydrogen-bond donors (Lipinski definition) is 0. The number of para-hydroxylation sites is 9. The van der Waals surface area contributed by atoms with Crippen molar-refractivity contribution in [3.63, 3.8) is 0 Å². The zero-order valence-corrected chi connectivity index (χ0v) is 51.3. The van der Waals surface area contributed by atoms with Crippen molar-refractivity contribution >= 4 is 97.9 Å². The molecule has 0 spiro atoms. The molecule has 19 aromatic rings. The highest BCUT2D eigenvalue weighted by Crippen LogP contribution is 2.49. The number of ether oxygens (including phenoxy) is 3. The summed E-state index contributed by atoms with van der Waals surface area (Å²) in [7, 11) is 0. The summed E-state index contributed by atoms with van der Waals surface area (Å²) in [5, 5.41) is 13.4. The van der Waals surface area contributed by atoms with Crippen molar-refractivity contribution in [2.24, 2.45) is 0 Å². The largest absolute Gasteiger partial charge is 0.453 e. The molecule has 0 radical (unpaired) electrons. The fourth-order valence-corrected chi connectivity index (χ4v) is 14.8. The standard InChI is InChI=1S/C33H20N2O.C27H16N2O.C26H15N3O/c1-2-9-24-23(8-1)20-27(26-11-4-3-10-25(24)26)21-16-18-22(19-17-21)33-34-28-12-7-15-31-32(28)35(33)29-13-5-6-14-30(29)36-31;1-2-9-18-17(8-1)16-21(20-11-4-3-10-19(18)20)27-28-22-12-7-15-25-26(22)29(27)23-13-5-6-14-24(23)30-25;1-2-8-17-16(7-1)15-19(18-9-6-14-27-24(17)18)26-28-20-10-5-13-23-25(20)29(26)21-11-3-4-12-22(21)30-23/h1-20H;1-16H;1-15H. The highest BCUT2D eigenvalue weighted by Gasteiger charge is 2.29. The van der Waals surface area contributed by atoms with Crippen molar-refractivity contribution in [2.75, 3.05) is 0 Å². The molecule has 0 saturated heterocycles. The monoisotopic (exact) mass is 1230 g/mol. The lowest BCUT2D eigenvalue weighted by Gasteiger charge is -2.21. The first-order valence-corrected chi connectivity index (χ1v) is 32.2. The minimum Gasteiger partial charge on any atom is -0.453 e. The molecule has 0 amide bonds. The van der Waals surface area contributed by atoms with E-state index < -0.39 is 0 Å². The van der Waals surface area contributed by atoms with Gasteiger partial charge in [0.1, 0.15) is 34.0 Å². The number of rotatable bonds is 4. The molecule has 22 rings (SSSR count). The Kier molecular flexibility index (Phi) is 11.8. The van der Waals surface area contributed by atoms with E-state index in [0.717, 1.165) is 140 Å². The van der Waals surface area contributed by atoms with Gasteiger partial charge in [0.05, 0.1) is 39.1 Å². The van der Waals surface area contributed by atoms with Gasteiger partial charge in [-0.05, 0) is 157 Å². The summed E-state index contributed by atoms with van der Waals surface area (Å²) in [5.41, 5.74) is 15.5. The normalized spacial score (nSPS) is 12.2. The lowest BCUT2D eigenvalue weighted by Crippen LogP contribution is -2.05. The number of aromatic nitrogens is 7. The smallest absolute Gasteiger partial charge is 0.153 e. The van der Waals surface area contributed by atoms with E-state index >= 15 is 0 Å². The SMILES string of the molecule is c1ccc2c(c1)Oc1cccc3nc(-c4cc5ccccc5c5ccccc45)n-2c13.c1ccc2c(c1)Oc1cccc3nc(-c4cc5ccccc5c5ncccc45)n-2c13.c1ccc2c(c1)Oc1cccc3nc(-c4ccc(-c5cc6ccccc6c6ccccc56)cc4)n-2c13. The van der Waals surface area contributed by atoms with Gasteiger partial charge in [0.15, 0.2) is 34.5 Å². The van der Waals surface area contributed by atoms with Crippen molar-refractivity contribution < 1.29 is 14.2 Å². The molecule has 0 N–H and O–H groups in total. The van der Waals surface area contributed by atoms with Crippen LogP contribution in [0.25, 0.3) is 160 Å². The van der Waals surface area contributed by atoms with Crippen molar-refractivity contribution in [2.45, 2.75) is 0 Å². The first-order valence-electron chi connectivity index (χ1n) is 32.2. The van der Waals surface area contributed by atoms with E-state index in [1.165, 1.54) is 54.2 Å². The zero-order chi connectivity index (χ0) is 63.0. The van der Waals surface area contributed by atoms with E-state index in [2.05, 4.69) is 208 Å². The molecule has 96 heavy (non-hydrogen) atoms. The van der Waals surface area contributed by atoms with E-state index in [4.69, 9.17) is 34.1 Å². The van der Waals surface area contributed by atoms with Crippen LogP contribution in [0.1, 0.15) is 0 Å². The van der Waals surface area contributed by atoms with Crippen LogP contribution in [0.4, 0.5) is 0 Å². The van der Waals surface area contributed by atoms with Gasteiger partial charge in [0.25, 0.3) is 0 Å². The minimum absolute atomic E-state index is 0.827. The van der Waals surface area contributed by atoms with Crippen molar-refractivity contribution in [1.29, 1.82) is 0 Å². The Morgan fingerprint density at radius 3 is 1.08 bits per heavy atom. The molecular weight excluding hydrogens is 1180 g/mol. The predicted molar refractivity (Wildman–Crippen MR) is 388 cm³/mol. The predicted octanol–water partition coefficient (Wildman–Crippen LogP) is 22.4. The molecule has 10 heteroatoms. The number of benzene rings is 15. The van der Waals surface area contributed by atoms with E-state index in [-0.39, 0.29) is 0 Å².